The number of rotatable bonds is 2. The Labute approximate surface area is 66.0 Å². The highest BCUT2D eigenvalue weighted by Crippen LogP contribution is 2.51. The summed E-state index contributed by atoms with van der Waals surface area (Å²) >= 11 is 0. The average Bonchev–Trinajstić information content (AvgIpc) is 1.83. The fourth-order valence-electron chi connectivity index (χ4n) is 1.98. The molecule has 11 heavy (non-hydrogen) atoms. The van der Waals surface area contributed by atoms with Crippen LogP contribution in [0.1, 0.15) is 19.3 Å². The summed E-state index contributed by atoms with van der Waals surface area (Å²) in [6.07, 6.45) is 3.02. The highest BCUT2D eigenvalue weighted by molar-refractivity contribution is 5.06. The minimum absolute atomic E-state index is 0.104. The van der Waals surface area contributed by atoms with Crippen molar-refractivity contribution < 1.29 is 14.9 Å². The predicted molar refractivity (Wildman–Crippen MR) is 39.1 cm³/mol. The summed E-state index contributed by atoms with van der Waals surface area (Å²) in [6.45, 7) is 0.925. The lowest BCUT2D eigenvalue weighted by molar-refractivity contribution is -0.269. The lowest BCUT2D eigenvalue weighted by Crippen LogP contribution is -2.65. The summed E-state index contributed by atoms with van der Waals surface area (Å²) in [5.41, 5.74) is -0.925. The molecule has 0 atom stereocenters. The Morgan fingerprint density at radius 1 is 1.27 bits per heavy atom. The maximum Gasteiger partial charge on any atom is 0.119 e. The van der Waals surface area contributed by atoms with Crippen molar-refractivity contribution >= 4 is 0 Å². The van der Waals surface area contributed by atoms with Crippen LogP contribution in [0.5, 0.6) is 0 Å². The summed E-state index contributed by atoms with van der Waals surface area (Å²) in [5.74, 6) is 0. The molecule has 0 radical (unpaired) electrons. The first-order valence-electron chi connectivity index (χ1n) is 4.13. The van der Waals surface area contributed by atoms with E-state index < -0.39 is 5.60 Å². The molecule has 1 heterocycles. The van der Waals surface area contributed by atoms with E-state index in [1.165, 1.54) is 0 Å². The van der Waals surface area contributed by atoms with Crippen LogP contribution < -0.4 is 0 Å². The molecule has 0 aromatic heterocycles. The van der Waals surface area contributed by atoms with Gasteiger partial charge in [0.15, 0.2) is 0 Å². The summed E-state index contributed by atoms with van der Waals surface area (Å²) < 4.78 is 4.96. The summed E-state index contributed by atoms with van der Waals surface area (Å²) in [4.78, 5) is 0. The standard InChI is InChI=1S/C8H14O3/c9-4-7(2-1-3-7)8(10)5-11-6-8/h9-10H,1-6H2. The molecule has 1 saturated carbocycles. The van der Waals surface area contributed by atoms with E-state index in [2.05, 4.69) is 0 Å². The van der Waals surface area contributed by atoms with Gasteiger partial charge < -0.3 is 14.9 Å². The molecule has 0 aromatic rings. The van der Waals surface area contributed by atoms with Crippen LogP contribution in [0.15, 0.2) is 0 Å². The summed E-state index contributed by atoms with van der Waals surface area (Å²) in [7, 11) is 0. The van der Waals surface area contributed by atoms with Crippen LogP contribution in [0.2, 0.25) is 0 Å². The van der Waals surface area contributed by atoms with Gasteiger partial charge in [0.25, 0.3) is 0 Å². The number of ether oxygens (including phenoxy) is 1. The highest BCUT2D eigenvalue weighted by atomic mass is 16.5. The van der Waals surface area contributed by atoms with E-state index in [1.54, 1.807) is 0 Å². The van der Waals surface area contributed by atoms with E-state index in [-0.39, 0.29) is 12.0 Å². The van der Waals surface area contributed by atoms with Gasteiger partial charge >= 0.3 is 0 Å². The van der Waals surface area contributed by atoms with Gasteiger partial charge in [0.2, 0.25) is 0 Å². The predicted octanol–water partition coefficient (Wildman–Crippen LogP) is -0.0897. The first-order valence-corrected chi connectivity index (χ1v) is 4.13. The number of aliphatic hydroxyl groups is 2. The van der Waals surface area contributed by atoms with Crippen LogP contribution in [-0.2, 0) is 4.74 Å². The van der Waals surface area contributed by atoms with Gasteiger partial charge in [-0.1, -0.05) is 6.42 Å². The number of aliphatic hydroxyl groups excluding tert-OH is 1. The smallest absolute Gasteiger partial charge is 0.119 e. The Hall–Kier alpha value is -0.120. The maximum atomic E-state index is 9.90. The van der Waals surface area contributed by atoms with Crippen LogP contribution >= 0.6 is 0 Å². The second kappa shape index (κ2) is 2.19. The maximum absolute atomic E-state index is 9.90. The molecule has 2 N–H and O–H groups in total. The monoisotopic (exact) mass is 158 g/mol. The van der Waals surface area contributed by atoms with E-state index in [0.717, 1.165) is 19.3 Å². The van der Waals surface area contributed by atoms with Crippen molar-refractivity contribution in [3.8, 4) is 0 Å². The summed E-state index contributed by atoms with van der Waals surface area (Å²) in [6, 6.07) is 0. The molecule has 0 unspecified atom stereocenters. The zero-order chi connectivity index (χ0) is 7.95. The van der Waals surface area contributed by atoms with Crippen LogP contribution in [0.25, 0.3) is 0 Å². The fourth-order valence-corrected chi connectivity index (χ4v) is 1.98. The molecule has 0 spiro atoms. The van der Waals surface area contributed by atoms with Crippen LogP contribution in [0.4, 0.5) is 0 Å². The third-order valence-corrected chi connectivity index (χ3v) is 3.28. The Kier molecular flexibility index (Phi) is 1.50. The normalized spacial score (nSPS) is 32.2. The van der Waals surface area contributed by atoms with Crippen LogP contribution in [0.3, 0.4) is 0 Å². The van der Waals surface area contributed by atoms with Crippen LogP contribution in [0, 0.1) is 5.41 Å². The Balaban J connectivity index is 2.10. The molecular weight excluding hydrogens is 144 g/mol. The number of hydrogen-bond acceptors (Lipinski definition) is 3. The van der Waals surface area contributed by atoms with Gasteiger partial charge in [-0.05, 0) is 12.8 Å². The molecule has 2 fully saturated rings. The molecule has 0 aromatic carbocycles. The molecule has 2 rings (SSSR count). The second-order valence-corrected chi connectivity index (χ2v) is 3.82. The zero-order valence-corrected chi connectivity index (χ0v) is 6.55. The quantitative estimate of drug-likeness (QED) is 0.590. The highest BCUT2D eigenvalue weighted by Gasteiger charge is 2.57. The van der Waals surface area contributed by atoms with Crippen molar-refractivity contribution in [2.45, 2.75) is 24.9 Å². The molecule has 0 bridgehead atoms. The van der Waals surface area contributed by atoms with Crippen molar-refractivity contribution in [3.63, 3.8) is 0 Å². The minimum atomic E-state index is -0.708. The Bertz CT molecular complexity index is 153. The van der Waals surface area contributed by atoms with Gasteiger partial charge in [-0.25, -0.2) is 0 Å². The first kappa shape index (κ1) is 7.53. The lowest BCUT2D eigenvalue weighted by atomic mass is 9.58. The molecule has 2 aliphatic rings. The third kappa shape index (κ3) is 0.789. The fraction of sp³-hybridized carbons (Fsp3) is 1.00. The van der Waals surface area contributed by atoms with E-state index in [9.17, 15) is 5.11 Å². The van der Waals surface area contributed by atoms with Crippen molar-refractivity contribution in [3.05, 3.63) is 0 Å². The lowest BCUT2D eigenvalue weighted by Gasteiger charge is -2.55. The molecule has 1 aliphatic heterocycles. The Morgan fingerprint density at radius 3 is 2.00 bits per heavy atom. The molecule has 3 nitrogen and oxygen atoms in total. The van der Waals surface area contributed by atoms with Gasteiger partial charge in [0, 0.05) is 5.41 Å². The van der Waals surface area contributed by atoms with E-state index >= 15 is 0 Å². The Morgan fingerprint density at radius 2 is 1.91 bits per heavy atom. The minimum Gasteiger partial charge on any atom is -0.396 e. The third-order valence-electron chi connectivity index (χ3n) is 3.28. The zero-order valence-electron chi connectivity index (χ0n) is 6.55. The SMILES string of the molecule is OCC1(C2(O)COC2)CCC1. The van der Waals surface area contributed by atoms with E-state index in [1.807, 2.05) is 0 Å². The van der Waals surface area contributed by atoms with Gasteiger partial charge in [0.05, 0.1) is 19.8 Å². The van der Waals surface area contributed by atoms with Gasteiger partial charge in [-0.15, -0.1) is 0 Å². The molecule has 1 aliphatic carbocycles. The first-order chi connectivity index (χ1) is 5.22. The van der Waals surface area contributed by atoms with Gasteiger partial charge in [-0.3, -0.25) is 0 Å². The van der Waals surface area contributed by atoms with Crippen LogP contribution in [-0.4, -0.2) is 35.6 Å². The second-order valence-electron chi connectivity index (χ2n) is 3.82. The molecular formula is C8H14O3. The molecule has 0 amide bonds. The topological polar surface area (TPSA) is 49.7 Å². The number of hydrogen-bond donors (Lipinski definition) is 2. The average molecular weight is 158 g/mol. The van der Waals surface area contributed by atoms with E-state index in [0.29, 0.717) is 13.2 Å². The van der Waals surface area contributed by atoms with Gasteiger partial charge in [-0.2, -0.15) is 0 Å². The molecule has 1 saturated heterocycles. The van der Waals surface area contributed by atoms with Crippen molar-refractivity contribution in [1.29, 1.82) is 0 Å². The molecule has 64 valence electrons. The van der Waals surface area contributed by atoms with Crippen molar-refractivity contribution in [1.82, 2.24) is 0 Å². The van der Waals surface area contributed by atoms with E-state index in [4.69, 9.17) is 9.84 Å². The summed E-state index contributed by atoms with van der Waals surface area (Å²) in [5, 5.41) is 19.0. The van der Waals surface area contributed by atoms with Crippen molar-refractivity contribution in [2.75, 3.05) is 19.8 Å². The van der Waals surface area contributed by atoms with Crippen molar-refractivity contribution in [2.24, 2.45) is 5.41 Å². The largest absolute Gasteiger partial charge is 0.396 e. The molecule has 3 heteroatoms. The van der Waals surface area contributed by atoms with Gasteiger partial charge in [0.1, 0.15) is 5.60 Å².